The predicted octanol–water partition coefficient (Wildman–Crippen LogP) is 2.33. The summed E-state index contributed by atoms with van der Waals surface area (Å²) < 4.78 is 3.49. The molecule has 1 aromatic carbocycles. The van der Waals surface area contributed by atoms with E-state index in [1.807, 2.05) is 49.0 Å². The van der Waals surface area contributed by atoms with Gasteiger partial charge < -0.3 is 0 Å². The Labute approximate surface area is 107 Å². The summed E-state index contributed by atoms with van der Waals surface area (Å²) in [5.41, 5.74) is 1.86. The molecule has 0 aliphatic heterocycles. The highest BCUT2D eigenvalue weighted by Gasteiger charge is 2.05. The molecule has 0 bridgehead atoms. The first-order chi connectivity index (χ1) is 6.70. The maximum atomic E-state index is 11.6. The number of hydrogen-bond donors (Lipinski definition) is 0. The van der Waals surface area contributed by atoms with Gasteiger partial charge >= 0.3 is 0 Å². The van der Waals surface area contributed by atoms with Gasteiger partial charge in [0.15, 0.2) is 0 Å². The minimum absolute atomic E-state index is 0. The van der Waals surface area contributed by atoms with Crippen molar-refractivity contribution >= 4 is 24.8 Å². The number of benzene rings is 1. The molecule has 0 unspecified atom stereocenters. The number of aryl methyl sites for hydroxylation is 1. The molecule has 1 aromatic heterocycles. The van der Waals surface area contributed by atoms with Gasteiger partial charge in [-0.05, 0) is 19.1 Å². The van der Waals surface area contributed by atoms with Crippen LogP contribution in [0.2, 0.25) is 0 Å². The van der Waals surface area contributed by atoms with Crippen molar-refractivity contribution in [2.75, 3.05) is 0 Å². The monoisotopic (exact) mass is 260 g/mol. The third-order valence-electron chi connectivity index (χ3n) is 2.35. The second-order valence-corrected chi connectivity index (χ2v) is 3.29. The van der Waals surface area contributed by atoms with Crippen molar-refractivity contribution in [1.29, 1.82) is 0 Å². The highest BCUT2D eigenvalue weighted by atomic mass is 35.5. The van der Waals surface area contributed by atoms with Crippen molar-refractivity contribution in [3.05, 3.63) is 52.4 Å². The number of rotatable bonds is 1. The Bertz CT molecular complexity index is 502. The van der Waals surface area contributed by atoms with E-state index in [-0.39, 0.29) is 30.4 Å². The molecule has 0 N–H and O–H groups in total. The number of halogens is 2. The van der Waals surface area contributed by atoms with Gasteiger partial charge in [-0.25, -0.2) is 4.68 Å². The van der Waals surface area contributed by atoms with Crippen molar-refractivity contribution in [2.24, 2.45) is 7.05 Å². The Balaban J connectivity index is 0.00000112. The molecule has 88 valence electrons. The van der Waals surface area contributed by atoms with E-state index in [1.165, 1.54) is 0 Å². The summed E-state index contributed by atoms with van der Waals surface area (Å²) >= 11 is 0. The number of aromatic nitrogens is 2. The Hall–Kier alpha value is -1.19. The fraction of sp³-hybridized carbons (Fsp3) is 0.182. The quantitative estimate of drug-likeness (QED) is 0.774. The van der Waals surface area contributed by atoms with E-state index in [9.17, 15) is 4.79 Å². The average molecular weight is 261 g/mol. The van der Waals surface area contributed by atoms with Gasteiger partial charge in [-0.15, -0.1) is 24.8 Å². The number of hydrogen-bond acceptors (Lipinski definition) is 1. The summed E-state index contributed by atoms with van der Waals surface area (Å²) in [4.78, 5) is 11.6. The van der Waals surface area contributed by atoms with Gasteiger partial charge in [0.2, 0.25) is 0 Å². The Morgan fingerprint density at radius 2 is 1.62 bits per heavy atom. The second kappa shape index (κ2) is 5.77. The van der Waals surface area contributed by atoms with E-state index in [2.05, 4.69) is 0 Å². The van der Waals surface area contributed by atoms with E-state index in [4.69, 9.17) is 0 Å². The van der Waals surface area contributed by atoms with E-state index in [0.29, 0.717) is 0 Å². The first kappa shape index (κ1) is 14.8. The molecule has 1 heterocycles. The van der Waals surface area contributed by atoms with Crippen LogP contribution in [0.4, 0.5) is 0 Å². The average Bonchev–Trinajstić information content (AvgIpc) is 2.43. The highest BCUT2D eigenvalue weighted by Crippen LogP contribution is 2.04. The first-order valence-electron chi connectivity index (χ1n) is 4.51. The third-order valence-corrected chi connectivity index (χ3v) is 2.35. The van der Waals surface area contributed by atoms with Crippen LogP contribution >= 0.6 is 24.8 Å². The molecule has 0 saturated carbocycles. The third kappa shape index (κ3) is 2.49. The van der Waals surface area contributed by atoms with E-state index in [0.717, 1.165) is 11.4 Å². The maximum absolute atomic E-state index is 11.6. The lowest BCUT2D eigenvalue weighted by Gasteiger charge is -2.07. The molecule has 0 atom stereocenters. The van der Waals surface area contributed by atoms with Crippen molar-refractivity contribution in [3.63, 3.8) is 0 Å². The Kier molecular flexibility index (Phi) is 5.35. The molecule has 16 heavy (non-hydrogen) atoms. The van der Waals surface area contributed by atoms with Crippen LogP contribution in [0, 0.1) is 6.92 Å². The van der Waals surface area contributed by atoms with E-state index < -0.39 is 0 Å². The molecule has 0 aliphatic rings. The van der Waals surface area contributed by atoms with Gasteiger partial charge in [0.05, 0.1) is 5.69 Å². The van der Waals surface area contributed by atoms with Crippen LogP contribution in [-0.4, -0.2) is 9.36 Å². The molecule has 0 radical (unpaired) electrons. The van der Waals surface area contributed by atoms with Crippen LogP contribution in [0.3, 0.4) is 0 Å². The fourth-order valence-corrected chi connectivity index (χ4v) is 1.51. The molecule has 0 aliphatic carbocycles. The van der Waals surface area contributed by atoms with Gasteiger partial charge in [-0.3, -0.25) is 9.48 Å². The molecular weight excluding hydrogens is 247 g/mol. The highest BCUT2D eigenvalue weighted by molar-refractivity contribution is 5.85. The number of nitrogens with zero attached hydrogens (tertiary/aromatic N) is 2. The molecule has 2 rings (SSSR count). The molecule has 3 nitrogen and oxygen atoms in total. The van der Waals surface area contributed by atoms with Crippen LogP contribution in [0.5, 0.6) is 0 Å². The minimum atomic E-state index is 0. The summed E-state index contributed by atoms with van der Waals surface area (Å²) in [6, 6.07) is 11.2. The van der Waals surface area contributed by atoms with Crippen LogP contribution in [0.15, 0.2) is 41.2 Å². The Morgan fingerprint density at radius 3 is 2.06 bits per heavy atom. The smallest absolute Gasteiger partial charge is 0.271 e. The lowest BCUT2D eigenvalue weighted by atomic mass is 10.3. The van der Waals surface area contributed by atoms with Crippen LogP contribution in [0.25, 0.3) is 5.69 Å². The fourth-order valence-electron chi connectivity index (χ4n) is 1.51. The zero-order chi connectivity index (χ0) is 10.1. The molecular formula is C11H14Cl2N2O. The van der Waals surface area contributed by atoms with E-state index in [1.54, 1.807) is 10.7 Å². The molecule has 0 spiro atoms. The lowest BCUT2D eigenvalue weighted by Crippen LogP contribution is -2.18. The molecule has 5 heteroatoms. The van der Waals surface area contributed by atoms with Crippen molar-refractivity contribution in [3.8, 4) is 5.69 Å². The normalized spacial score (nSPS) is 9.12. The summed E-state index contributed by atoms with van der Waals surface area (Å²) in [7, 11) is 1.88. The first-order valence-corrected chi connectivity index (χ1v) is 4.51. The summed E-state index contributed by atoms with van der Waals surface area (Å²) in [5, 5.41) is 0. The molecule has 0 amide bonds. The topological polar surface area (TPSA) is 26.9 Å². The zero-order valence-corrected chi connectivity index (χ0v) is 10.7. The second-order valence-electron chi connectivity index (χ2n) is 3.29. The van der Waals surface area contributed by atoms with Gasteiger partial charge in [0, 0.05) is 18.8 Å². The van der Waals surface area contributed by atoms with Gasteiger partial charge in [-0.2, -0.15) is 0 Å². The van der Waals surface area contributed by atoms with Crippen LogP contribution in [0.1, 0.15) is 5.69 Å². The van der Waals surface area contributed by atoms with Gasteiger partial charge in [0.1, 0.15) is 0 Å². The molecule has 0 fully saturated rings. The summed E-state index contributed by atoms with van der Waals surface area (Å²) in [6.45, 7) is 1.92. The lowest BCUT2D eigenvalue weighted by molar-refractivity contribution is 0.630. The minimum Gasteiger partial charge on any atom is -0.285 e. The van der Waals surface area contributed by atoms with Crippen molar-refractivity contribution in [1.82, 2.24) is 9.36 Å². The van der Waals surface area contributed by atoms with Crippen molar-refractivity contribution in [2.45, 2.75) is 6.92 Å². The SMILES string of the molecule is Cc1cc(=O)n(-c2ccccc2)n1C.Cl.Cl. The van der Waals surface area contributed by atoms with Gasteiger partial charge in [0.25, 0.3) is 5.56 Å². The zero-order valence-electron chi connectivity index (χ0n) is 9.08. The van der Waals surface area contributed by atoms with Gasteiger partial charge in [-0.1, -0.05) is 18.2 Å². The van der Waals surface area contributed by atoms with Crippen LogP contribution < -0.4 is 5.56 Å². The Morgan fingerprint density at radius 1 is 1.06 bits per heavy atom. The van der Waals surface area contributed by atoms with Crippen molar-refractivity contribution < 1.29 is 0 Å². The number of para-hydroxylation sites is 1. The molecule has 2 aromatic rings. The summed E-state index contributed by atoms with van der Waals surface area (Å²) in [6.07, 6.45) is 0. The summed E-state index contributed by atoms with van der Waals surface area (Å²) in [5.74, 6) is 0. The standard InChI is InChI=1S/C11H12N2O.2ClH/c1-9-8-11(14)13(12(9)2)10-6-4-3-5-7-10;;/h3-8H,1-2H3;2*1H. The van der Waals surface area contributed by atoms with Crippen LogP contribution in [-0.2, 0) is 7.05 Å². The molecule has 0 saturated heterocycles. The predicted molar refractivity (Wildman–Crippen MR) is 70.2 cm³/mol. The largest absolute Gasteiger partial charge is 0.285 e. The maximum Gasteiger partial charge on any atom is 0.271 e. The van der Waals surface area contributed by atoms with E-state index >= 15 is 0 Å².